The van der Waals surface area contributed by atoms with Crippen molar-refractivity contribution in [2.45, 2.75) is 25.7 Å². The normalized spacial score (nSPS) is 10.8. The summed E-state index contributed by atoms with van der Waals surface area (Å²) >= 11 is 4.03. The molecule has 0 radical (unpaired) electrons. The molecule has 4 nitrogen and oxygen atoms in total. The molecule has 0 unspecified atom stereocenters. The predicted molar refractivity (Wildman–Crippen MR) is 71.9 cm³/mol. The van der Waals surface area contributed by atoms with E-state index < -0.39 is 0 Å². The van der Waals surface area contributed by atoms with Crippen LogP contribution in [0.15, 0.2) is 0 Å². The number of hydrogen-bond acceptors (Lipinski definition) is 4. The van der Waals surface area contributed by atoms with Gasteiger partial charge >= 0.3 is 0 Å². The Morgan fingerprint density at radius 1 is 1.31 bits per heavy atom. The first-order valence-corrected chi connectivity index (χ1v) is 6.60. The molecule has 0 heterocycles. The quantitative estimate of drug-likeness (QED) is 0.389. The summed E-state index contributed by atoms with van der Waals surface area (Å²) in [4.78, 5) is 13.5. The molecule has 0 atom stereocenters. The summed E-state index contributed by atoms with van der Waals surface area (Å²) in [7, 11) is 2.08. The van der Waals surface area contributed by atoms with E-state index in [1.165, 1.54) is 0 Å². The molecule has 0 rings (SSSR count). The number of rotatable bonds is 10. The van der Waals surface area contributed by atoms with E-state index in [0.717, 1.165) is 32.4 Å². The van der Waals surface area contributed by atoms with Crippen LogP contribution in [0.4, 0.5) is 0 Å². The number of carbonyl (C=O) groups excluding carboxylic acids is 1. The summed E-state index contributed by atoms with van der Waals surface area (Å²) in [5.41, 5.74) is 5.45. The van der Waals surface area contributed by atoms with Gasteiger partial charge in [0, 0.05) is 31.8 Å². The van der Waals surface area contributed by atoms with Crippen molar-refractivity contribution in [2.24, 2.45) is 5.73 Å². The lowest BCUT2D eigenvalue weighted by molar-refractivity contribution is -0.121. The fourth-order valence-electron chi connectivity index (χ4n) is 1.46. The summed E-state index contributed by atoms with van der Waals surface area (Å²) in [5, 5.41) is 2.81. The molecule has 0 bridgehead atoms. The first kappa shape index (κ1) is 15.7. The van der Waals surface area contributed by atoms with Gasteiger partial charge in [0.25, 0.3) is 0 Å². The SMILES string of the molecule is CN(CCN)CCCCCC(=O)NCCS. The van der Waals surface area contributed by atoms with Crippen LogP contribution in [0.1, 0.15) is 25.7 Å². The van der Waals surface area contributed by atoms with Crippen LogP contribution in [-0.4, -0.2) is 49.8 Å². The average Bonchev–Trinajstić information content (AvgIpc) is 2.26. The second-order valence-corrected chi connectivity index (χ2v) is 4.42. The smallest absolute Gasteiger partial charge is 0.220 e. The van der Waals surface area contributed by atoms with Crippen LogP contribution in [-0.2, 0) is 4.79 Å². The summed E-state index contributed by atoms with van der Waals surface area (Å²) in [6.07, 6.45) is 3.84. The van der Waals surface area contributed by atoms with Crippen LogP contribution in [0.2, 0.25) is 0 Å². The molecule has 0 aliphatic rings. The maximum Gasteiger partial charge on any atom is 0.220 e. The summed E-state index contributed by atoms with van der Waals surface area (Å²) in [6.45, 7) is 3.39. The first-order valence-electron chi connectivity index (χ1n) is 5.97. The van der Waals surface area contributed by atoms with Gasteiger partial charge in [0.2, 0.25) is 5.91 Å². The summed E-state index contributed by atoms with van der Waals surface area (Å²) in [5.74, 6) is 0.847. The van der Waals surface area contributed by atoms with E-state index in [0.29, 0.717) is 25.3 Å². The van der Waals surface area contributed by atoms with Gasteiger partial charge < -0.3 is 16.0 Å². The van der Waals surface area contributed by atoms with Gasteiger partial charge in [0.05, 0.1) is 0 Å². The molecule has 0 saturated heterocycles. The Hall–Kier alpha value is -0.260. The Morgan fingerprint density at radius 2 is 2.06 bits per heavy atom. The van der Waals surface area contributed by atoms with Crippen LogP contribution < -0.4 is 11.1 Å². The number of nitrogens with zero attached hydrogens (tertiary/aromatic N) is 1. The van der Waals surface area contributed by atoms with E-state index in [9.17, 15) is 4.79 Å². The lowest BCUT2D eigenvalue weighted by Gasteiger charge is -2.14. The number of hydrogen-bond donors (Lipinski definition) is 3. The fraction of sp³-hybridized carbons (Fsp3) is 0.909. The number of likely N-dealkylation sites (N-methyl/N-ethyl adjacent to an activating group) is 1. The van der Waals surface area contributed by atoms with Crippen molar-refractivity contribution in [3.63, 3.8) is 0 Å². The standard InChI is InChI=1S/C11H25N3OS/c1-14(9-6-12)8-4-2-3-5-11(15)13-7-10-16/h16H,2-10,12H2,1H3,(H,13,15). The molecular formula is C11H25N3OS. The van der Waals surface area contributed by atoms with E-state index in [-0.39, 0.29) is 5.91 Å². The largest absolute Gasteiger partial charge is 0.355 e. The molecule has 3 N–H and O–H groups in total. The third kappa shape index (κ3) is 10.3. The molecule has 0 spiro atoms. The van der Waals surface area contributed by atoms with E-state index in [2.05, 4.69) is 29.9 Å². The molecule has 0 aliphatic carbocycles. The van der Waals surface area contributed by atoms with Crippen molar-refractivity contribution in [1.29, 1.82) is 0 Å². The number of amides is 1. The number of thiol groups is 1. The van der Waals surface area contributed by atoms with E-state index >= 15 is 0 Å². The highest BCUT2D eigenvalue weighted by molar-refractivity contribution is 7.80. The average molecular weight is 247 g/mol. The third-order valence-electron chi connectivity index (χ3n) is 2.39. The molecule has 1 amide bonds. The maximum absolute atomic E-state index is 11.2. The van der Waals surface area contributed by atoms with Crippen LogP contribution in [0.3, 0.4) is 0 Å². The van der Waals surface area contributed by atoms with Crippen molar-refractivity contribution in [1.82, 2.24) is 10.2 Å². The Labute approximate surface area is 104 Å². The highest BCUT2D eigenvalue weighted by Crippen LogP contribution is 2.00. The highest BCUT2D eigenvalue weighted by Gasteiger charge is 2.00. The second-order valence-electron chi connectivity index (χ2n) is 3.98. The van der Waals surface area contributed by atoms with Gasteiger partial charge in [-0.1, -0.05) is 6.42 Å². The van der Waals surface area contributed by atoms with E-state index in [4.69, 9.17) is 5.73 Å². The summed E-state index contributed by atoms with van der Waals surface area (Å²) in [6, 6.07) is 0. The minimum Gasteiger partial charge on any atom is -0.355 e. The van der Waals surface area contributed by atoms with Gasteiger partial charge in [-0.15, -0.1) is 0 Å². The van der Waals surface area contributed by atoms with Gasteiger partial charge in [0.15, 0.2) is 0 Å². The van der Waals surface area contributed by atoms with Gasteiger partial charge in [-0.25, -0.2) is 0 Å². The van der Waals surface area contributed by atoms with Crippen LogP contribution in [0.5, 0.6) is 0 Å². The molecule has 0 aromatic heterocycles. The topological polar surface area (TPSA) is 58.4 Å². The minimum atomic E-state index is 0.143. The molecule has 0 saturated carbocycles. The van der Waals surface area contributed by atoms with Gasteiger partial charge in [0.1, 0.15) is 0 Å². The van der Waals surface area contributed by atoms with E-state index in [1.54, 1.807) is 0 Å². The van der Waals surface area contributed by atoms with Crippen LogP contribution in [0.25, 0.3) is 0 Å². The van der Waals surface area contributed by atoms with Gasteiger partial charge in [-0.05, 0) is 26.4 Å². The molecule has 0 fully saturated rings. The van der Waals surface area contributed by atoms with Crippen LogP contribution >= 0.6 is 12.6 Å². The van der Waals surface area contributed by atoms with Gasteiger partial charge in [-0.2, -0.15) is 12.6 Å². The minimum absolute atomic E-state index is 0.143. The molecule has 0 aliphatic heterocycles. The zero-order valence-corrected chi connectivity index (χ0v) is 11.1. The molecule has 96 valence electrons. The number of nitrogens with one attached hydrogen (secondary N) is 1. The van der Waals surface area contributed by atoms with Gasteiger partial charge in [-0.3, -0.25) is 4.79 Å². The first-order chi connectivity index (χ1) is 7.70. The number of carbonyl (C=O) groups is 1. The lowest BCUT2D eigenvalue weighted by Crippen LogP contribution is -2.26. The fourth-order valence-corrected chi connectivity index (χ4v) is 1.57. The monoisotopic (exact) mass is 247 g/mol. The number of unbranched alkanes of at least 4 members (excludes halogenated alkanes) is 2. The Bertz CT molecular complexity index is 179. The Morgan fingerprint density at radius 3 is 2.69 bits per heavy atom. The third-order valence-corrected chi connectivity index (χ3v) is 2.61. The molecular weight excluding hydrogens is 222 g/mol. The molecule has 0 aromatic rings. The Kier molecular flexibility index (Phi) is 11.0. The van der Waals surface area contributed by atoms with Crippen molar-refractivity contribution in [3.8, 4) is 0 Å². The lowest BCUT2D eigenvalue weighted by atomic mass is 10.2. The Balaban J connectivity index is 3.23. The zero-order chi connectivity index (χ0) is 12.2. The van der Waals surface area contributed by atoms with Crippen LogP contribution in [0, 0.1) is 0 Å². The maximum atomic E-state index is 11.2. The van der Waals surface area contributed by atoms with E-state index in [1.807, 2.05) is 0 Å². The van der Waals surface area contributed by atoms with Crippen molar-refractivity contribution in [2.75, 3.05) is 39.0 Å². The molecule has 5 heteroatoms. The van der Waals surface area contributed by atoms with Crippen molar-refractivity contribution >= 4 is 18.5 Å². The zero-order valence-electron chi connectivity index (χ0n) is 10.2. The summed E-state index contributed by atoms with van der Waals surface area (Å²) < 4.78 is 0. The second kappa shape index (κ2) is 11.2. The molecule has 16 heavy (non-hydrogen) atoms. The highest BCUT2D eigenvalue weighted by atomic mass is 32.1. The van der Waals surface area contributed by atoms with Crippen molar-refractivity contribution < 1.29 is 4.79 Å². The van der Waals surface area contributed by atoms with Crippen molar-refractivity contribution in [3.05, 3.63) is 0 Å². The molecule has 0 aromatic carbocycles. The number of nitrogens with two attached hydrogens (primary N) is 1. The predicted octanol–water partition coefficient (Wildman–Crippen LogP) is 0.483.